The number of ether oxygens (including phenoxy) is 1. The zero-order valence-corrected chi connectivity index (χ0v) is 11.7. The minimum atomic E-state index is -0.248. The highest BCUT2D eigenvalue weighted by atomic mass is 35.5. The van der Waals surface area contributed by atoms with Gasteiger partial charge in [-0.15, -0.1) is 0 Å². The third kappa shape index (κ3) is 2.54. The van der Waals surface area contributed by atoms with Crippen molar-refractivity contribution in [3.05, 3.63) is 70.0 Å². The molecule has 2 nitrogen and oxygen atoms in total. The summed E-state index contributed by atoms with van der Waals surface area (Å²) in [6.45, 7) is 2.45. The number of hydrogen-bond acceptors (Lipinski definition) is 2. The highest BCUT2D eigenvalue weighted by Gasteiger charge is 2.22. The quantitative estimate of drug-likeness (QED) is 0.807. The lowest BCUT2D eigenvalue weighted by Crippen LogP contribution is -2.03. The van der Waals surface area contributed by atoms with Crippen LogP contribution in [-0.4, -0.2) is 12.5 Å². The molecule has 1 atom stereocenters. The second-order valence-corrected chi connectivity index (χ2v) is 5.21. The normalized spacial score (nSPS) is 17.8. The van der Waals surface area contributed by atoms with Crippen molar-refractivity contribution in [2.75, 3.05) is 6.61 Å². The van der Waals surface area contributed by atoms with Gasteiger partial charge in [-0.3, -0.25) is 0 Å². The summed E-state index contributed by atoms with van der Waals surface area (Å²) in [5.41, 5.74) is 2.91. The summed E-state index contributed by atoms with van der Waals surface area (Å²) in [5, 5.41) is 0.655. The molecule has 0 radical (unpaired) electrons. The number of nitrogens with zero attached hydrogens (tertiary/aromatic N) is 1. The summed E-state index contributed by atoms with van der Waals surface area (Å²) in [6, 6.07) is 11.9. The SMILES string of the molecule is Cc1ccc(Cl)cc1C1=NC(c2ccc(F)cc2)CO1. The Morgan fingerprint density at radius 1 is 1.20 bits per heavy atom. The van der Waals surface area contributed by atoms with Gasteiger partial charge in [-0.25, -0.2) is 9.38 Å². The van der Waals surface area contributed by atoms with E-state index in [0.29, 0.717) is 17.5 Å². The molecular weight excluding hydrogens is 277 g/mol. The maximum atomic E-state index is 12.9. The largest absolute Gasteiger partial charge is 0.475 e. The first-order valence-electron chi connectivity index (χ1n) is 6.36. The number of hydrogen-bond donors (Lipinski definition) is 0. The van der Waals surface area contributed by atoms with Crippen molar-refractivity contribution >= 4 is 17.5 Å². The average Bonchev–Trinajstić information content (AvgIpc) is 2.92. The van der Waals surface area contributed by atoms with Crippen molar-refractivity contribution in [1.29, 1.82) is 0 Å². The molecule has 4 heteroatoms. The smallest absolute Gasteiger partial charge is 0.217 e. The number of halogens is 2. The van der Waals surface area contributed by atoms with E-state index in [1.165, 1.54) is 12.1 Å². The molecule has 20 heavy (non-hydrogen) atoms. The maximum absolute atomic E-state index is 12.9. The van der Waals surface area contributed by atoms with E-state index >= 15 is 0 Å². The van der Waals surface area contributed by atoms with Crippen LogP contribution in [0.3, 0.4) is 0 Å². The van der Waals surface area contributed by atoms with Crippen LogP contribution >= 0.6 is 11.6 Å². The number of aryl methyl sites for hydroxylation is 1. The van der Waals surface area contributed by atoms with E-state index < -0.39 is 0 Å². The maximum Gasteiger partial charge on any atom is 0.217 e. The Labute approximate surface area is 121 Å². The highest BCUT2D eigenvalue weighted by Crippen LogP contribution is 2.27. The zero-order valence-electron chi connectivity index (χ0n) is 10.9. The average molecular weight is 290 g/mol. The number of benzene rings is 2. The Hall–Kier alpha value is -1.87. The van der Waals surface area contributed by atoms with Crippen molar-refractivity contribution in [1.82, 2.24) is 0 Å². The van der Waals surface area contributed by atoms with Gasteiger partial charge in [0, 0.05) is 10.6 Å². The van der Waals surface area contributed by atoms with Gasteiger partial charge in [0.2, 0.25) is 5.90 Å². The van der Waals surface area contributed by atoms with Crippen LogP contribution in [0.25, 0.3) is 0 Å². The molecule has 2 aromatic carbocycles. The predicted molar refractivity (Wildman–Crippen MR) is 77.8 cm³/mol. The van der Waals surface area contributed by atoms with Crippen molar-refractivity contribution in [3.8, 4) is 0 Å². The summed E-state index contributed by atoms with van der Waals surface area (Å²) in [4.78, 5) is 4.57. The van der Waals surface area contributed by atoms with E-state index in [1.54, 1.807) is 12.1 Å². The van der Waals surface area contributed by atoms with Crippen LogP contribution in [0.2, 0.25) is 5.02 Å². The first kappa shape index (κ1) is 13.1. The first-order valence-corrected chi connectivity index (χ1v) is 6.74. The second-order valence-electron chi connectivity index (χ2n) is 4.77. The molecule has 0 saturated carbocycles. The molecule has 0 aromatic heterocycles. The molecule has 102 valence electrons. The lowest BCUT2D eigenvalue weighted by molar-refractivity contribution is 0.319. The number of aliphatic imine (C=N–C) groups is 1. The van der Waals surface area contributed by atoms with Gasteiger partial charge < -0.3 is 4.74 Å². The third-order valence-corrected chi connectivity index (χ3v) is 3.57. The van der Waals surface area contributed by atoms with Crippen molar-refractivity contribution in [2.24, 2.45) is 4.99 Å². The van der Waals surface area contributed by atoms with E-state index in [0.717, 1.165) is 16.7 Å². The molecule has 0 bridgehead atoms. The molecule has 0 N–H and O–H groups in total. The lowest BCUT2D eigenvalue weighted by atomic mass is 10.1. The van der Waals surface area contributed by atoms with Crippen LogP contribution in [-0.2, 0) is 4.74 Å². The Balaban J connectivity index is 1.91. The lowest BCUT2D eigenvalue weighted by Gasteiger charge is -2.05. The monoisotopic (exact) mass is 289 g/mol. The second kappa shape index (κ2) is 5.25. The summed E-state index contributed by atoms with van der Waals surface area (Å²) in [5.74, 6) is 0.349. The Kier molecular flexibility index (Phi) is 3.45. The Bertz CT molecular complexity index is 667. The van der Waals surface area contributed by atoms with E-state index in [-0.39, 0.29) is 11.9 Å². The van der Waals surface area contributed by atoms with Crippen LogP contribution in [0.4, 0.5) is 4.39 Å². The Morgan fingerprint density at radius 2 is 1.95 bits per heavy atom. The molecule has 3 rings (SSSR count). The minimum absolute atomic E-state index is 0.0935. The van der Waals surface area contributed by atoms with Crippen LogP contribution < -0.4 is 0 Å². The summed E-state index contributed by atoms with van der Waals surface area (Å²) in [7, 11) is 0. The van der Waals surface area contributed by atoms with E-state index in [1.807, 2.05) is 25.1 Å². The zero-order chi connectivity index (χ0) is 14.1. The molecule has 1 unspecified atom stereocenters. The molecule has 0 spiro atoms. The molecule has 0 aliphatic carbocycles. The van der Waals surface area contributed by atoms with Crippen LogP contribution in [0.15, 0.2) is 47.5 Å². The molecule has 0 fully saturated rings. The first-order chi connectivity index (χ1) is 9.63. The standard InChI is InChI=1S/C16H13ClFNO/c1-10-2-5-12(17)8-14(10)16-19-15(9-20-16)11-3-6-13(18)7-4-11/h2-8,15H,9H2,1H3. The van der Waals surface area contributed by atoms with Crippen molar-refractivity contribution < 1.29 is 9.13 Å². The molecule has 0 amide bonds. The Morgan fingerprint density at radius 3 is 2.70 bits per heavy atom. The summed E-state index contributed by atoms with van der Waals surface area (Å²) in [6.07, 6.45) is 0. The van der Waals surface area contributed by atoms with Gasteiger partial charge in [-0.2, -0.15) is 0 Å². The summed E-state index contributed by atoms with van der Waals surface area (Å²) >= 11 is 6.01. The molecule has 2 aromatic rings. The summed E-state index contributed by atoms with van der Waals surface area (Å²) < 4.78 is 18.6. The minimum Gasteiger partial charge on any atom is -0.475 e. The molecule has 1 aliphatic rings. The molecular formula is C16H13ClFNO. The van der Waals surface area contributed by atoms with E-state index in [9.17, 15) is 4.39 Å². The van der Waals surface area contributed by atoms with Gasteiger partial charge >= 0.3 is 0 Å². The van der Waals surface area contributed by atoms with Crippen LogP contribution in [0.1, 0.15) is 22.7 Å². The van der Waals surface area contributed by atoms with Gasteiger partial charge in [0.05, 0.1) is 0 Å². The topological polar surface area (TPSA) is 21.6 Å². The van der Waals surface area contributed by atoms with Crippen molar-refractivity contribution in [3.63, 3.8) is 0 Å². The van der Waals surface area contributed by atoms with Crippen molar-refractivity contribution in [2.45, 2.75) is 13.0 Å². The third-order valence-electron chi connectivity index (χ3n) is 3.34. The molecule has 1 heterocycles. The van der Waals surface area contributed by atoms with E-state index in [4.69, 9.17) is 16.3 Å². The number of rotatable bonds is 2. The highest BCUT2D eigenvalue weighted by molar-refractivity contribution is 6.31. The fourth-order valence-electron chi connectivity index (χ4n) is 2.20. The van der Waals surface area contributed by atoms with E-state index in [2.05, 4.69) is 4.99 Å². The fraction of sp³-hybridized carbons (Fsp3) is 0.188. The molecule has 1 aliphatic heterocycles. The van der Waals surface area contributed by atoms with Gasteiger partial charge in [0.25, 0.3) is 0 Å². The van der Waals surface area contributed by atoms with Gasteiger partial charge in [0.15, 0.2) is 0 Å². The van der Waals surface area contributed by atoms with Gasteiger partial charge in [-0.1, -0.05) is 29.8 Å². The molecule has 0 saturated heterocycles. The fourth-order valence-corrected chi connectivity index (χ4v) is 2.37. The predicted octanol–water partition coefficient (Wildman–Crippen LogP) is 4.31. The van der Waals surface area contributed by atoms with Crippen LogP contribution in [0.5, 0.6) is 0 Å². The van der Waals surface area contributed by atoms with Gasteiger partial charge in [-0.05, 0) is 42.3 Å². The van der Waals surface area contributed by atoms with Gasteiger partial charge in [0.1, 0.15) is 18.5 Å². The van der Waals surface area contributed by atoms with Crippen LogP contribution in [0, 0.1) is 12.7 Å².